The van der Waals surface area contributed by atoms with Crippen molar-refractivity contribution in [2.45, 2.75) is 6.92 Å². The van der Waals surface area contributed by atoms with Gasteiger partial charge in [-0.25, -0.2) is 13.4 Å². The lowest BCUT2D eigenvalue weighted by molar-refractivity contribution is -0.114. The van der Waals surface area contributed by atoms with E-state index in [2.05, 4.69) is 10.3 Å². The molecule has 0 spiro atoms. The van der Waals surface area contributed by atoms with Crippen molar-refractivity contribution < 1.29 is 22.7 Å². The second-order valence-electron chi connectivity index (χ2n) is 6.71. The van der Waals surface area contributed by atoms with Crippen molar-refractivity contribution in [3.05, 3.63) is 53.4 Å². The summed E-state index contributed by atoms with van der Waals surface area (Å²) in [6.07, 6.45) is 1.07. The van der Waals surface area contributed by atoms with E-state index in [1.165, 1.54) is 11.3 Å². The highest BCUT2D eigenvalue weighted by molar-refractivity contribution is 7.92. The first-order valence-electron chi connectivity index (χ1n) is 9.24. The number of aromatic nitrogens is 1. The summed E-state index contributed by atoms with van der Waals surface area (Å²) in [5.41, 5.74) is 2.67. The van der Waals surface area contributed by atoms with E-state index in [-0.39, 0.29) is 6.54 Å². The van der Waals surface area contributed by atoms with Gasteiger partial charge in [-0.2, -0.15) is 0 Å². The average Bonchev–Trinajstić information content (AvgIpc) is 3.19. The van der Waals surface area contributed by atoms with Crippen LogP contribution in [0, 0.1) is 6.92 Å². The van der Waals surface area contributed by atoms with Crippen LogP contribution in [0.25, 0.3) is 11.3 Å². The van der Waals surface area contributed by atoms with Crippen molar-refractivity contribution in [2.75, 3.05) is 36.6 Å². The summed E-state index contributed by atoms with van der Waals surface area (Å²) in [6.45, 7) is 1.44. The van der Waals surface area contributed by atoms with E-state index in [1.54, 1.807) is 56.9 Å². The van der Waals surface area contributed by atoms with Crippen LogP contribution in [-0.2, 0) is 14.8 Å². The van der Waals surface area contributed by atoms with Gasteiger partial charge in [-0.1, -0.05) is 18.2 Å². The Bertz CT molecular complexity index is 1190. The molecule has 0 aliphatic rings. The normalized spacial score (nSPS) is 11.1. The number of carbonyl (C=O) groups is 1. The van der Waals surface area contributed by atoms with Crippen molar-refractivity contribution in [1.82, 2.24) is 4.98 Å². The van der Waals surface area contributed by atoms with Gasteiger partial charge < -0.3 is 14.8 Å². The lowest BCUT2D eigenvalue weighted by Gasteiger charge is -2.23. The van der Waals surface area contributed by atoms with Crippen LogP contribution in [0.2, 0.25) is 0 Å². The van der Waals surface area contributed by atoms with Gasteiger partial charge >= 0.3 is 0 Å². The van der Waals surface area contributed by atoms with E-state index in [0.29, 0.717) is 28.0 Å². The van der Waals surface area contributed by atoms with E-state index < -0.39 is 15.9 Å². The van der Waals surface area contributed by atoms with Crippen molar-refractivity contribution in [1.29, 1.82) is 0 Å². The third kappa shape index (κ3) is 5.33. The number of hydrogen-bond donors (Lipinski definition) is 1. The van der Waals surface area contributed by atoms with Crippen molar-refractivity contribution >= 4 is 38.1 Å². The average molecular weight is 462 g/mol. The largest absolute Gasteiger partial charge is 0.493 e. The zero-order valence-electron chi connectivity index (χ0n) is 17.6. The fraction of sp³-hybridized carbons (Fsp3) is 0.238. The molecule has 0 saturated heterocycles. The number of hydrogen-bond acceptors (Lipinski definition) is 7. The molecule has 1 N–H and O–H groups in total. The number of amides is 1. The number of thiazole rings is 1. The first-order chi connectivity index (χ1) is 14.7. The minimum absolute atomic E-state index is 0.352. The van der Waals surface area contributed by atoms with Crippen LogP contribution in [0.4, 0.5) is 10.8 Å². The summed E-state index contributed by atoms with van der Waals surface area (Å²) in [5.74, 6) is 0.689. The van der Waals surface area contributed by atoms with Crippen molar-refractivity contribution in [3.63, 3.8) is 0 Å². The van der Waals surface area contributed by atoms with Gasteiger partial charge in [0.1, 0.15) is 6.54 Å². The number of benzene rings is 2. The number of carbonyl (C=O) groups excluding carboxylic acids is 1. The minimum Gasteiger partial charge on any atom is -0.493 e. The Hall–Kier alpha value is -3.11. The van der Waals surface area contributed by atoms with Crippen LogP contribution in [0.3, 0.4) is 0 Å². The summed E-state index contributed by atoms with van der Waals surface area (Å²) >= 11 is 1.25. The minimum atomic E-state index is -3.65. The van der Waals surface area contributed by atoms with E-state index in [0.717, 1.165) is 21.7 Å². The zero-order chi connectivity index (χ0) is 22.6. The molecular weight excluding hydrogens is 438 g/mol. The quantitative estimate of drug-likeness (QED) is 0.551. The molecule has 0 atom stereocenters. The Kier molecular flexibility index (Phi) is 6.81. The van der Waals surface area contributed by atoms with Crippen LogP contribution >= 0.6 is 11.3 Å². The molecule has 1 aromatic heterocycles. The summed E-state index contributed by atoms with van der Waals surface area (Å²) in [7, 11) is -0.538. The van der Waals surface area contributed by atoms with E-state index in [1.807, 2.05) is 12.1 Å². The molecule has 1 heterocycles. The van der Waals surface area contributed by atoms with Gasteiger partial charge in [0, 0.05) is 10.9 Å². The van der Waals surface area contributed by atoms with Crippen molar-refractivity contribution in [3.8, 4) is 22.8 Å². The molecule has 1 amide bonds. The van der Waals surface area contributed by atoms with Crippen LogP contribution in [0.5, 0.6) is 11.5 Å². The molecule has 0 unspecified atom stereocenters. The fourth-order valence-electron chi connectivity index (χ4n) is 2.97. The number of sulfonamides is 1. The predicted molar refractivity (Wildman–Crippen MR) is 123 cm³/mol. The van der Waals surface area contributed by atoms with Gasteiger partial charge in [0.15, 0.2) is 16.6 Å². The molecule has 0 aliphatic carbocycles. The van der Waals surface area contributed by atoms with Crippen LogP contribution in [0.15, 0.2) is 47.8 Å². The SMILES string of the molecule is COc1ccc(-c2csc(NC(=O)CN(c3ccccc3C)S(C)(=O)=O)n2)cc1OC. The second kappa shape index (κ2) is 9.36. The number of para-hydroxylation sites is 1. The topological polar surface area (TPSA) is 97.8 Å². The van der Waals surface area contributed by atoms with E-state index in [4.69, 9.17) is 9.47 Å². The number of aryl methyl sites for hydroxylation is 1. The molecule has 0 saturated carbocycles. The highest BCUT2D eigenvalue weighted by Gasteiger charge is 2.22. The van der Waals surface area contributed by atoms with Crippen LogP contribution < -0.4 is 19.1 Å². The molecule has 3 rings (SSSR count). The molecule has 31 heavy (non-hydrogen) atoms. The van der Waals surface area contributed by atoms with Gasteiger partial charge in [0.05, 0.1) is 31.9 Å². The molecule has 0 radical (unpaired) electrons. The number of nitrogens with zero attached hydrogens (tertiary/aromatic N) is 2. The molecule has 0 bridgehead atoms. The first-order valence-corrected chi connectivity index (χ1v) is 12.0. The predicted octanol–water partition coefficient (Wildman–Crippen LogP) is 3.54. The van der Waals surface area contributed by atoms with Crippen molar-refractivity contribution in [2.24, 2.45) is 0 Å². The molecule has 0 fully saturated rings. The van der Waals surface area contributed by atoms with E-state index in [9.17, 15) is 13.2 Å². The van der Waals surface area contributed by atoms with E-state index >= 15 is 0 Å². The van der Waals surface area contributed by atoms with Gasteiger partial charge in [-0.15, -0.1) is 11.3 Å². The monoisotopic (exact) mass is 461 g/mol. The molecule has 10 heteroatoms. The summed E-state index contributed by atoms with van der Waals surface area (Å²) in [5, 5.41) is 4.85. The Morgan fingerprint density at radius 3 is 2.48 bits per heavy atom. The number of methoxy groups -OCH3 is 2. The first kappa shape index (κ1) is 22.6. The maximum atomic E-state index is 12.6. The summed E-state index contributed by atoms with van der Waals surface area (Å²) < 4.78 is 36.2. The number of anilines is 2. The molecular formula is C21H23N3O5S2. The molecule has 8 nitrogen and oxygen atoms in total. The molecule has 0 aliphatic heterocycles. The Morgan fingerprint density at radius 2 is 1.84 bits per heavy atom. The fourth-order valence-corrected chi connectivity index (χ4v) is 4.62. The lowest BCUT2D eigenvalue weighted by Crippen LogP contribution is -2.37. The number of ether oxygens (including phenoxy) is 2. The van der Waals surface area contributed by atoms with Crippen LogP contribution in [-0.4, -0.2) is 46.3 Å². The Morgan fingerprint density at radius 1 is 1.13 bits per heavy atom. The highest BCUT2D eigenvalue weighted by Crippen LogP contribution is 2.33. The standard InChI is InChI=1S/C21H23N3O5S2/c1-14-7-5-6-8-17(14)24(31(4,26)27)12-20(25)23-21-22-16(13-30-21)15-9-10-18(28-2)19(11-15)29-3/h5-11,13H,12H2,1-4H3,(H,22,23,25). The number of nitrogens with one attached hydrogen (secondary N) is 1. The number of rotatable bonds is 8. The third-order valence-electron chi connectivity index (χ3n) is 4.50. The highest BCUT2D eigenvalue weighted by atomic mass is 32.2. The van der Waals surface area contributed by atoms with Gasteiger partial charge in [0.25, 0.3) is 0 Å². The second-order valence-corrected chi connectivity index (χ2v) is 9.48. The molecule has 2 aromatic carbocycles. The maximum Gasteiger partial charge on any atom is 0.246 e. The summed E-state index contributed by atoms with van der Waals surface area (Å²) in [4.78, 5) is 17.0. The van der Waals surface area contributed by atoms with Gasteiger partial charge in [0.2, 0.25) is 15.9 Å². The van der Waals surface area contributed by atoms with Gasteiger partial charge in [-0.05, 0) is 36.8 Å². The lowest BCUT2D eigenvalue weighted by atomic mass is 10.1. The molecule has 164 valence electrons. The van der Waals surface area contributed by atoms with Gasteiger partial charge in [-0.3, -0.25) is 9.10 Å². The Balaban J connectivity index is 1.77. The Labute approximate surface area is 185 Å². The smallest absolute Gasteiger partial charge is 0.246 e. The summed E-state index contributed by atoms with van der Waals surface area (Å²) in [6, 6.07) is 12.4. The molecule has 3 aromatic rings. The maximum absolute atomic E-state index is 12.6. The zero-order valence-corrected chi connectivity index (χ0v) is 19.2. The van der Waals surface area contributed by atoms with Crippen LogP contribution in [0.1, 0.15) is 5.56 Å². The third-order valence-corrected chi connectivity index (χ3v) is 6.39.